The summed E-state index contributed by atoms with van der Waals surface area (Å²) in [6.07, 6.45) is 1.27. The molecular weight excluding hydrogens is 256 g/mol. The standard InChI is InChI=1S/C11H12N2O4S/c1-6-9(7(2)14)18-11(12-6)13-10(15)8-5-16-3-4-17-8/h5H,3-4H2,1-2H3,(H,12,13,15). The van der Waals surface area contributed by atoms with Gasteiger partial charge in [0.1, 0.15) is 19.5 Å². The molecule has 0 saturated heterocycles. The van der Waals surface area contributed by atoms with Crippen LogP contribution in [-0.2, 0) is 14.3 Å². The van der Waals surface area contributed by atoms with E-state index in [1.165, 1.54) is 13.2 Å². The van der Waals surface area contributed by atoms with E-state index >= 15 is 0 Å². The predicted octanol–water partition coefficient (Wildman–Crippen LogP) is 1.48. The first-order valence-corrected chi connectivity index (χ1v) is 6.14. The minimum atomic E-state index is -0.432. The van der Waals surface area contributed by atoms with Gasteiger partial charge in [-0.05, 0) is 6.92 Å². The molecule has 0 saturated carbocycles. The second kappa shape index (κ2) is 5.18. The van der Waals surface area contributed by atoms with Gasteiger partial charge in [-0.2, -0.15) is 0 Å². The first-order valence-electron chi connectivity index (χ1n) is 5.32. The minimum Gasteiger partial charge on any atom is -0.494 e. The van der Waals surface area contributed by atoms with Crippen LogP contribution in [0.4, 0.5) is 5.13 Å². The number of rotatable bonds is 3. The molecule has 1 aliphatic rings. The number of hydrogen-bond acceptors (Lipinski definition) is 6. The zero-order valence-electron chi connectivity index (χ0n) is 9.98. The van der Waals surface area contributed by atoms with Gasteiger partial charge in [-0.15, -0.1) is 0 Å². The maximum atomic E-state index is 11.8. The Morgan fingerprint density at radius 3 is 2.78 bits per heavy atom. The quantitative estimate of drug-likeness (QED) is 0.840. The lowest BCUT2D eigenvalue weighted by molar-refractivity contribution is -0.117. The maximum Gasteiger partial charge on any atom is 0.295 e. The van der Waals surface area contributed by atoms with Gasteiger partial charge in [0.05, 0.1) is 10.6 Å². The number of Topliss-reactive ketones (excluding diaryl/α,β-unsaturated/α-hetero) is 1. The van der Waals surface area contributed by atoms with Crippen molar-refractivity contribution in [3.05, 3.63) is 22.6 Å². The Kier molecular flexibility index (Phi) is 3.61. The summed E-state index contributed by atoms with van der Waals surface area (Å²) in [5.74, 6) is -0.390. The highest BCUT2D eigenvalue weighted by molar-refractivity contribution is 7.17. The molecule has 0 unspecified atom stereocenters. The number of hydrogen-bond donors (Lipinski definition) is 1. The van der Waals surface area contributed by atoms with E-state index in [-0.39, 0.29) is 11.5 Å². The average molecular weight is 268 g/mol. The number of carbonyl (C=O) groups excluding carboxylic acids is 2. The number of amides is 1. The Labute approximate surface area is 108 Å². The van der Waals surface area contributed by atoms with Gasteiger partial charge in [-0.3, -0.25) is 14.9 Å². The molecule has 0 aromatic carbocycles. The van der Waals surface area contributed by atoms with E-state index in [4.69, 9.17) is 9.47 Å². The van der Waals surface area contributed by atoms with Crippen molar-refractivity contribution < 1.29 is 19.1 Å². The van der Waals surface area contributed by atoms with Crippen LogP contribution in [0.1, 0.15) is 22.3 Å². The molecule has 1 aromatic rings. The monoisotopic (exact) mass is 268 g/mol. The Hall–Kier alpha value is -1.89. The summed E-state index contributed by atoms with van der Waals surface area (Å²) in [7, 11) is 0. The summed E-state index contributed by atoms with van der Waals surface area (Å²) in [6, 6.07) is 0. The first-order chi connectivity index (χ1) is 8.58. The highest BCUT2D eigenvalue weighted by Gasteiger charge is 2.18. The van der Waals surface area contributed by atoms with Gasteiger partial charge in [0.25, 0.3) is 5.91 Å². The number of ketones is 1. The van der Waals surface area contributed by atoms with Gasteiger partial charge < -0.3 is 9.47 Å². The number of nitrogens with one attached hydrogen (secondary N) is 1. The Morgan fingerprint density at radius 2 is 2.22 bits per heavy atom. The molecule has 18 heavy (non-hydrogen) atoms. The van der Waals surface area contributed by atoms with Crippen molar-refractivity contribution in [2.24, 2.45) is 0 Å². The molecule has 0 spiro atoms. The third kappa shape index (κ3) is 2.67. The molecule has 0 atom stereocenters. The van der Waals surface area contributed by atoms with Gasteiger partial charge in [0.2, 0.25) is 5.76 Å². The average Bonchev–Trinajstić information content (AvgIpc) is 2.71. The molecule has 1 aromatic heterocycles. The van der Waals surface area contributed by atoms with Gasteiger partial charge in [-0.1, -0.05) is 11.3 Å². The second-order valence-corrected chi connectivity index (χ2v) is 4.64. The fourth-order valence-electron chi connectivity index (χ4n) is 1.42. The molecular formula is C11H12N2O4S. The van der Waals surface area contributed by atoms with Gasteiger partial charge in [0, 0.05) is 6.92 Å². The van der Waals surface area contributed by atoms with Gasteiger partial charge >= 0.3 is 0 Å². The Balaban J connectivity index is 2.09. The van der Waals surface area contributed by atoms with Crippen molar-refractivity contribution in [2.75, 3.05) is 18.5 Å². The number of aromatic nitrogens is 1. The number of nitrogens with zero attached hydrogens (tertiary/aromatic N) is 1. The van der Waals surface area contributed by atoms with Gasteiger partial charge in [-0.25, -0.2) is 4.98 Å². The van der Waals surface area contributed by atoms with Crippen LogP contribution in [0.2, 0.25) is 0 Å². The highest BCUT2D eigenvalue weighted by Crippen LogP contribution is 2.23. The normalized spacial score (nSPS) is 14.2. The number of anilines is 1. The number of ether oxygens (including phenoxy) is 2. The molecule has 1 amide bonds. The van der Waals surface area contributed by atoms with E-state index < -0.39 is 5.91 Å². The van der Waals surface area contributed by atoms with E-state index in [1.807, 2.05) is 0 Å². The summed E-state index contributed by atoms with van der Waals surface area (Å²) in [4.78, 5) is 27.7. The van der Waals surface area contributed by atoms with Crippen molar-refractivity contribution >= 4 is 28.2 Å². The van der Waals surface area contributed by atoms with E-state index in [0.717, 1.165) is 11.3 Å². The number of carbonyl (C=O) groups is 2. The molecule has 0 bridgehead atoms. The highest BCUT2D eigenvalue weighted by atomic mass is 32.1. The summed E-state index contributed by atoms with van der Waals surface area (Å²) in [5, 5.41) is 2.94. The molecule has 96 valence electrons. The van der Waals surface area contributed by atoms with Crippen LogP contribution in [0.5, 0.6) is 0 Å². The number of aryl methyl sites for hydroxylation is 1. The van der Waals surface area contributed by atoms with Crippen LogP contribution in [0.15, 0.2) is 12.0 Å². The van der Waals surface area contributed by atoms with E-state index in [9.17, 15) is 9.59 Å². The van der Waals surface area contributed by atoms with Crippen molar-refractivity contribution in [2.45, 2.75) is 13.8 Å². The van der Waals surface area contributed by atoms with Crippen LogP contribution >= 0.6 is 11.3 Å². The van der Waals surface area contributed by atoms with Crippen molar-refractivity contribution in [1.29, 1.82) is 0 Å². The molecule has 2 heterocycles. The zero-order chi connectivity index (χ0) is 13.1. The summed E-state index contributed by atoms with van der Waals surface area (Å²) >= 11 is 1.14. The minimum absolute atomic E-state index is 0.0676. The summed E-state index contributed by atoms with van der Waals surface area (Å²) in [5.41, 5.74) is 0.609. The van der Waals surface area contributed by atoms with Crippen LogP contribution in [0.25, 0.3) is 0 Å². The molecule has 0 fully saturated rings. The van der Waals surface area contributed by atoms with Crippen LogP contribution in [0, 0.1) is 6.92 Å². The molecule has 0 radical (unpaired) electrons. The summed E-state index contributed by atoms with van der Waals surface area (Å²) < 4.78 is 10.1. The first kappa shape index (κ1) is 12.6. The lowest BCUT2D eigenvalue weighted by Gasteiger charge is -2.14. The van der Waals surface area contributed by atoms with Crippen molar-refractivity contribution in [1.82, 2.24) is 4.98 Å². The largest absolute Gasteiger partial charge is 0.494 e. The molecule has 6 nitrogen and oxygen atoms in total. The third-order valence-corrected chi connectivity index (χ3v) is 3.38. The van der Waals surface area contributed by atoms with Crippen LogP contribution < -0.4 is 5.32 Å². The second-order valence-electron chi connectivity index (χ2n) is 3.65. The predicted molar refractivity (Wildman–Crippen MR) is 65.5 cm³/mol. The van der Waals surface area contributed by atoms with Crippen LogP contribution in [0.3, 0.4) is 0 Å². The van der Waals surface area contributed by atoms with Crippen molar-refractivity contribution in [3.63, 3.8) is 0 Å². The maximum absolute atomic E-state index is 11.8. The van der Waals surface area contributed by atoms with Crippen LogP contribution in [-0.4, -0.2) is 29.9 Å². The number of thiazole rings is 1. The van der Waals surface area contributed by atoms with E-state index in [2.05, 4.69) is 10.3 Å². The Morgan fingerprint density at radius 1 is 1.44 bits per heavy atom. The smallest absolute Gasteiger partial charge is 0.295 e. The summed E-state index contributed by atoms with van der Waals surface area (Å²) in [6.45, 7) is 3.96. The lowest BCUT2D eigenvalue weighted by atomic mass is 10.3. The SMILES string of the molecule is CC(=O)c1sc(NC(=O)C2=COCCO2)nc1C. The molecule has 7 heteroatoms. The van der Waals surface area contributed by atoms with Crippen molar-refractivity contribution in [3.8, 4) is 0 Å². The fourth-order valence-corrected chi connectivity index (χ4v) is 2.28. The topological polar surface area (TPSA) is 77.5 Å². The van der Waals surface area contributed by atoms with Gasteiger partial charge in [0.15, 0.2) is 10.9 Å². The fraction of sp³-hybridized carbons (Fsp3) is 0.364. The van der Waals surface area contributed by atoms with E-state index in [0.29, 0.717) is 28.9 Å². The Bertz CT molecular complexity index is 521. The molecule has 2 rings (SSSR count). The zero-order valence-corrected chi connectivity index (χ0v) is 10.8. The van der Waals surface area contributed by atoms with E-state index in [1.54, 1.807) is 6.92 Å². The third-order valence-electron chi connectivity index (χ3n) is 2.21. The molecule has 1 aliphatic heterocycles. The molecule has 1 N–H and O–H groups in total. The lowest BCUT2D eigenvalue weighted by Crippen LogP contribution is -2.21. The molecule has 0 aliphatic carbocycles.